The highest BCUT2D eigenvalue weighted by atomic mass is 31.2. The number of phosphoric ester groups is 1. The first kappa shape index (κ1) is 40.0. The second-order valence-electron chi connectivity index (χ2n) is 10.7. The lowest BCUT2D eigenvalue weighted by atomic mass is 10.1. The first-order valence-electron chi connectivity index (χ1n) is 16.3. The van der Waals surface area contributed by atoms with Gasteiger partial charge in [-0.05, 0) is 44.9 Å². The molecule has 0 heterocycles. The predicted molar refractivity (Wildman–Crippen MR) is 169 cm³/mol. The summed E-state index contributed by atoms with van der Waals surface area (Å²) in [6.07, 6.45) is 29.1. The number of hydrogen-bond donors (Lipinski definition) is 2. The normalized spacial score (nSPS) is 14.1. The summed E-state index contributed by atoms with van der Waals surface area (Å²) in [5.41, 5.74) is 5.32. The molecule has 0 aromatic heterocycles. The van der Waals surface area contributed by atoms with Crippen molar-refractivity contribution in [3.63, 3.8) is 0 Å². The van der Waals surface area contributed by atoms with E-state index in [0.717, 1.165) is 57.8 Å². The molecule has 0 radical (unpaired) electrons. The zero-order valence-corrected chi connectivity index (χ0v) is 27.2. The maximum Gasteiger partial charge on any atom is 0.472 e. The van der Waals surface area contributed by atoms with E-state index in [1.165, 1.54) is 57.8 Å². The summed E-state index contributed by atoms with van der Waals surface area (Å²) in [5.74, 6) is -0.348. The van der Waals surface area contributed by atoms with Gasteiger partial charge >= 0.3 is 13.8 Å². The molecule has 0 aromatic rings. The van der Waals surface area contributed by atoms with E-state index in [-0.39, 0.29) is 32.3 Å². The number of unbranched alkanes of at least 4 members (excludes halogenated alkanes) is 14. The van der Waals surface area contributed by atoms with Gasteiger partial charge in [0, 0.05) is 19.6 Å². The zero-order valence-electron chi connectivity index (χ0n) is 26.3. The van der Waals surface area contributed by atoms with Gasteiger partial charge in [-0.3, -0.25) is 13.8 Å². The van der Waals surface area contributed by atoms with Crippen LogP contribution in [0.3, 0.4) is 0 Å². The summed E-state index contributed by atoms with van der Waals surface area (Å²) in [4.78, 5) is 22.2. The average molecular weight is 604 g/mol. The molecule has 8 nitrogen and oxygen atoms in total. The first-order valence-corrected chi connectivity index (χ1v) is 17.8. The predicted octanol–water partition coefficient (Wildman–Crippen LogP) is 8.57. The quantitative estimate of drug-likeness (QED) is 0.0350. The summed E-state index contributed by atoms with van der Waals surface area (Å²) in [5, 5.41) is 0. The van der Waals surface area contributed by atoms with Crippen molar-refractivity contribution < 1.29 is 32.8 Å². The van der Waals surface area contributed by atoms with E-state index in [1.54, 1.807) is 0 Å². The topological polar surface area (TPSA) is 117 Å². The van der Waals surface area contributed by atoms with E-state index in [4.69, 9.17) is 24.3 Å². The van der Waals surface area contributed by atoms with Gasteiger partial charge in [0.05, 0.1) is 19.8 Å². The Kier molecular flexibility index (Phi) is 29.7. The number of carbonyl (C=O) groups excluding carboxylic acids is 1. The van der Waals surface area contributed by atoms with E-state index >= 15 is 0 Å². The van der Waals surface area contributed by atoms with Gasteiger partial charge in [-0.1, -0.05) is 109 Å². The summed E-state index contributed by atoms with van der Waals surface area (Å²) < 4.78 is 33.0. The Hall–Kier alpha value is -1.02. The van der Waals surface area contributed by atoms with Crippen molar-refractivity contribution in [1.82, 2.24) is 0 Å². The Morgan fingerprint density at radius 1 is 0.732 bits per heavy atom. The Morgan fingerprint density at radius 3 is 1.95 bits per heavy atom. The summed E-state index contributed by atoms with van der Waals surface area (Å²) in [6.45, 7) is 4.82. The number of carbonyl (C=O) groups is 1. The van der Waals surface area contributed by atoms with E-state index in [2.05, 4.69) is 38.2 Å². The van der Waals surface area contributed by atoms with Crippen LogP contribution < -0.4 is 5.73 Å². The maximum atomic E-state index is 12.4. The molecule has 2 unspecified atom stereocenters. The molecule has 0 fully saturated rings. The van der Waals surface area contributed by atoms with Gasteiger partial charge in [0.15, 0.2) is 0 Å². The Morgan fingerprint density at radius 2 is 1.29 bits per heavy atom. The lowest BCUT2D eigenvalue weighted by Gasteiger charge is -2.20. The smallest absolute Gasteiger partial charge is 0.457 e. The zero-order chi connectivity index (χ0) is 30.3. The van der Waals surface area contributed by atoms with Crippen molar-refractivity contribution in [2.45, 2.75) is 142 Å². The van der Waals surface area contributed by atoms with Crippen LogP contribution >= 0.6 is 7.82 Å². The number of allylic oxidation sites excluding steroid dienone is 4. The highest BCUT2D eigenvalue weighted by Gasteiger charge is 2.25. The van der Waals surface area contributed by atoms with Crippen molar-refractivity contribution >= 4 is 13.8 Å². The second kappa shape index (κ2) is 30.4. The van der Waals surface area contributed by atoms with E-state index in [1.807, 2.05) is 0 Å². The second-order valence-corrected chi connectivity index (χ2v) is 12.1. The molecule has 0 bridgehead atoms. The largest absolute Gasteiger partial charge is 0.472 e. The van der Waals surface area contributed by atoms with Crippen LogP contribution in [0.2, 0.25) is 0 Å². The summed E-state index contributed by atoms with van der Waals surface area (Å²) in [6, 6.07) is 0. The number of ether oxygens (including phenoxy) is 2. The molecule has 242 valence electrons. The molecule has 0 aliphatic rings. The van der Waals surface area contributed by atoms with E-state index in [0.29, 0.717) is 13.0 Å². The molecule has 2 atom stereocenters. The maximum absolute atomic E-state index is 12.4. The first-order chi connectivity index (χ1) is 19.9. The van der Waals surface area contributed by atoms with Gasteiger partial charge in [-0.15, -0.1) is 0 Å². The molecule has 9 heteroatoms. The van der Waals surface area contributed by atoms with Crippen LogP contribution in [0.25, 0.3) is 0 Å². The third-order valence-electron chi connectivity index (χ3n) is 6.62. The minimum absolute atomic E-state index is 0.0974. The minimum atomic E-state index is -4.26. The number of hydrogen-bond acceptors (Lipinski definition) is 7. The highest BCUT2D eigenvalue weighted by molar-refractivity contribution is 7.47. The molecule has 0 spiro atoms. The van der Waals surface area contributed by atoms with Gasteiger partial charge in [0.1, 0.15) is 6.10 Å². The molecule has 41 heavy (non-hydrogen) atoms. The Bertz CT molecular complexity index is 687. The van der Waals surface area contributed by atoms with Crippen molar-refractivity contribution in [3.05, 3.63) is 24.3 Å². The molecular weight excluding hydrogens is 541 g/mol. The average Bonchev–Trinajstić information content (AvgIpc) is 2.96. The van der Waals surface area contributed by atoms with Gasteiger partial charge in [-0.25, -0.2) is 4.57 Å². The van der Waals surface area contributed by atoms with Crippen molar-refractivity contribution in [3.8, 4) is 0 Å². The summed E-state index contributed by atoms with van der Waals surface area (Å²) in [7, 11) is -4.26. The third kappa shape index (κ3) is 30.2. The molecule has 3 N–H and O–H groups in total. The Balaban J connectivity index is 4.14. The fourth-order valence-corrected chi connectivity index (χ4v) is 4.97. The monoisotopic (exact) mass is 603 g/mol. The number of nitrogens with two attached hydrogens (primary N) is 1. The molecule has 0 saturated heterocycles. The minimum Gasteiger partial charge on any atom is -0.457 e. The van der Waals surface area contributed by atoms with Crippen LogP contribution in [-0.4, -0.2) is 49.9 Å². The van der Waals surface area contributed by atoms with Crippen LogP contribution in [0, 0.1) is 0 Å². The SMILES string of the molecule is CCCCC/C=C\C/C=C\CCCCCCCC(=O)OC(COCCCCCCCCC)COP(=O)(O)OCCN. The third-order valence-corrected chi connectivity index (χ3v) is 7.61. The van der Waals surface area contributed by atoms with Crippen molar-refractivity contribution in [2.75, 3.05) is 33.0 Å². The van der Waals surface area contributed by atoms with Crippen LogP contribution in [0.15, 0.2) is 24.3 Å². The van der Waals surface area contributed by atoms with E-state index < -0.39 is 13.9 Å². The van der Waals surface area contributed by atoms with Gasteiger partial charge < -0.3 is 20.1 Å². The van der Waals surface area contributed by atoms with Crippen LogP contribution in [0.1, 0.15) is 136 Å². The fourth-order valence-electron chi connectivity index (χ4n) is 4.20. The van der Waals surface area contributed by atoms with Gasteiger partial charge in [0.2, 0.25) is 0 Å². The molecule has 0 aromatic carbocycles. The molecular formula is C32H62NO7P. The molecule has 0 aliphatic heterocycles. The number of phosphoric acid groups is 1. The summed E-state index contributed by atoms with van der Waals surface area (Å²) >= 11 is 0. The lowest BCUT2D eigenvalue weighted by Crippen LogP contribution is -2.28. The van der Waals surface area contributed by atoms with Crippen LogP contribution in [0.5, 0.6) is 0 Å². The van der Waals surface area contributed by atoms with Crippen LogP contribution in [-0.2, 0) is 27.9 Å². The Labute approximate surface area is 251 Å². The molecule has 0 saturated carbocycles. The number of esters is 1. The molecule has 0 aliphatic carbocycles. The fraction of sp³-hybridized carbons (Fsp3) is 0.844. The molecule has 0 rings (SSSR count). The van der Waals surface area contributed by atoms with Gasteiger partial charge in [-0.2, -0.15) is 0 Å². The van der Waals surface area contributed by atoms with E-state index in [9.17, 15) is 14.3 Å². The number of rotatable bonds is 31. The van der Waals surface area contributed by atoms with Crippen molar-refractivity contribution in [1.29, 1.82) is 0 Å². The van der Waals surface area contributed by atoms with Gasteiger partial charge in [0.25, 0.3) is 0 Å². The lowest BCUT2D eigenvalue weighted by molar-refractivity contribution is -0.154. The molecule has 0 amide bonds. The highest BCUT2D eigenvalue weighted by Crippen LogP contribution is 2.43. The van der Waals surface area contributed by atoms with Crippen molar-refractivity contribution in [2.24, 2.45) is 5.73 Å². The van der Waals surface area contributed by atoms with Crippen LogP contribution in [0.4, 0.5) is 0 Å². The standard InChI is InChI=1S/C32H62NO7P/c1-3-5-7-9-11-12-13-14-15-16-17-18-19-21-23-25-32(34)40-31(30-39-41(35,36)38-28-26-33)29-37-27-24-22-20-10-8-6-4-2/h11-12,14-15,31H,3-10,13,16-30,33H2,1-2H3,(H,35,36)/b12-11-,15-14-.